The van der Waals surface area contributed by atoms with Crippen LogP contribution in [0.5, 0.6) is 23.0 Å². The smallest absolute Gasteiger partial charge is 0.343 e. The summed E-state index contributed by atoms with van der Waals surface area (Å²) in [5.41, 5.74) is 2.93. The molecule has 0 aliphatic rings. The van der Waals surface area contributed by atoms with Crippen molar-refractivity contribution in [2.45, 2.75) is 19.8 Å². The van der Waals surface area contributed by atoms with Crippen molar-refractivity contribution in [3.05, 3.63) is 89.0 Å². The zero-order valence-corrected chi connectivity index (χ0v) is 20.0. The molecule has 6 nitrogen and oxygen atoms in total. The molecule has 0 amide bonds. The lowest BCUT2D eigenvalue weighted by atomic mass is 10.0. The molecule has 0 aliphatic heterocycles. The molecule has 0 fully saturated rings. The molecule has 176 valence electrons. The first-order valence-corrected chi connectivity index (χ1v) is 10.8. The molecule has 3 aromatic carbocycles. The van der Waals surface area contributed by atoms with Crippen LogP contribution in [0.3, 0.4) is 0 Å². The standard InChI is InChI=1S/C28H28O6/c1-18(2)20-9-6-19(7-10-20)8-15-24(29)21-11-13-23(14-12-21)34-28(30)22-16-25(31-3)27(33-5)26(17-22)32-4/h6-18H,1-5H3. The number of hydrogen-bond acceptors (Lipinski definition) is 6. The van der Waals surface area contributed by atoms with Crippen molar-refractivity contribution >= 4 is 17.8 Å². The van der Waals surface area contributed by atoms with E-state index in [0.717, 1.165) is 5.56 Å². The molecule has 0 N–H and O–H groups in total. The topological polar surface area (TPSA) is 71.1 Å². The van der Waals surface area contributed by atoms with Gasteiger partial charge in [-0.05, 0) is 59.5 Å². The van der Waals surface area contributed by atoms with Crippen LogP contribution in [0.2, 0.25) is 0 Å². The summed E-state index contributed by atoms with van der Waals surface area (Å²) in [7, 11) is 4.42. The molecule has 6 heteroatoms. The van der Waals surface area contributed by atoms with Crippen molar-refractivity contribution in [2.24, 2.45) is 0 Å². The molecule has 0 radical (unpaired) electrons. The molecule has 3 rings (SSSR count). The maximum atomic E-state index is 12.6. The Morgan fingerprint density at radius 1 is 0.765 bits per heavy atom. The lowest BCUT2D eigenvalue weighted by Crippen LogP contribution is -2.10. The molecule has 0 aromatic heterocycles. The molecule has 34 heavy (non-hydrogen) atoms. The largest absolute Gasteiger partial charge is 0.493 e. The third-order valence-corrected chi connectivity index (χ3v) is 5.28. The predicted molar refractivity (Wildman–Crippen MR) is 131 cm³/mol. The van der Waals surface area contributed by atoms with E-state index in [0.29, 0.717) is 34.5 Å². The minimum Gasteiger partial charge on any atom is -0.493 e. The van der Waals surface area contributed by atoms with E-state index in [9.17, 15) is 9.59 Å². The second-order valence-corrected chi connectivity index (χ2v) is 7.85. The van der Waals surface area contributed by atoms with E-state index in [1.807, 2.05) is 12.1 Å². The summed E-state index contributed by atoms with van der Waals surface area (Å²) in [5.74, 6) is 1.11. The number of rotatable bonds is 9. The van der Waals surface area contributed by atoms with E-state index in [1.165, 1.54) is 45.1 Å². The number of carbonyl (C=O) groups excluding carboxylic acids is 2. The highest BCUT2D eigenvalue weighted by Crippen LogP contribution is 2.38. The van der Waals surface area contributed by atoms with Gasteiger partial charge in [0, 0.05) is 5.56 Å². The lowest BCUT2D eigenvalue weighted by molar-refractivity contribution is 0.0733. The van der Waals surface area contributed by atoms with Crippen LogP contribution in [0.25, 0.3) is 6.08 Å². The molecule has 0 heterocycles. The molecule has 0 atom stereocenters. The Kier molecular flexibility index (Phi) is 8.09. The van der Waals surface area contributed by atoms with Gasteiger partial charge < -0.3 is 18.9 Å². The molecular formula is C28H28O6. The Morgan fingerprint density at radius 3 is 1.85 bits per heavy atom. The van der Waals surface area contributed by atoms with Crippen molar-refractivity contribution in [3.8, 4) is 23.0 Å². The summed E-state index contributed by atoms with van der Waals surface area (Å²) >= 11 is 0. The zero-order valence-electron chi connectivity index (χ0n) is 20.0. The van der Waals surface area contributed by atoms with Gasteiger partial charge in [0.1, 0.15) is 5.75 Å². The van der Waals surface area contributed by atoms with Crippen LogP contribution < -0.4 is 18.9 Å². The minimum atomic E-state index is -0.594. The third kappa shape index (κ3) is 5.84. The van der Waals surface area contributed by atoms with Crippen LogP contribution >= 0.6 is 0 Å². The van der Waals surface area contributed by atoms with Crippen molar-refractivity contribution in [3.63, 3.8) is 0 Å². The average molecular weight is 461 g/mol. The second-order valence-electron chi connectivity index (χ2n) is 7.85. The Morgan fingerprint density at radius 2 is 1.35 bits per heavy atom. The van der Waals surface area contributed by atoms with Crippen LogP contribution in [0.4, 0.5) is 0 Å². The van der Waals surface area contributed by atoms with Crippen molar-refractivity contribution in [2.75, 3.05) is 21.3 Å². The summed E-state index contributed by atoms with van der Waals surface area (Å²) < 4.78 is 21.3. The Balaban J connectivity index is 1.68. The first kappa shape index (κ1) is 24.6. The molecular weight excluding hydrogens is 432 g/mol. The van der Waals surface area contributed by atoms with E-state index in [2.05, 4.69) is 26.0 Å². The maximum absolute atomic E-state index is 12.6. The highest BCUT2D eigenvalue weighted by atomic mass is 16.5. The number of benzene rings is 3. The van der Waals surface area contributed by atoms with Crippen molar-refractivity contribution < 1.29 is 28.5 Å². The van der Waals surface area contributed by atoms with Gasteiger partial charge in [-0.15, -0.1) is 0 Å². The van der Waals surface area contributed by atoms with Crippen LogP contribution in [-0.2, 0) is 0 Å². The fourth-order valence-corrected chi connectivity index (χ4v) is 3.31. The van der Waals surface area contributed by atoms with Gasteiger partial charge in [0.25, 0.3) is 0 Å². The number of methoxy groups -OCH3 is 3. The van der Waals surface area contributed by atoms with Gasteiger partial charge in [-0.1, -0.05) is 44.2 Å². The first-order valence-electron chi connectivity index (χ1n) is 10.8. The van der Waals surface area contributed by atoms with Gasteiger partial charge in [0.15, 0.2) is 17.3 Å². The van der Waals surface area contributed by atoms with Gasteiger partial charge in [-0.25, -0.2) is 4.79 Å². The monoisotopic (exact) mass is 460 g/mol. The van der Waals surface area contributed by atoms with E-state index in [-0.39, 0.29) is 11.3 Å². The third-order valence-electron chi connectivity index (χ3n) is 5.28. The SMILES string of the molecule is COc1cc(C(=O)Oc2ccc(C(=O)C=Cc3ccc(C(C)C)cc3)cc2)cc(OC)c1OC. The fraction of sp³-hybridized carbons (Fsp3) is 0.214. The summed E-state index contributed by atoms with van der Waals surface area (Å²) in [6.07, 6.45) is 3.31. The molecule has 0 saturated carbocycles. The molecule has 0 unspecified atom stereocenters. The fourth-order valence-electron chi connectivity index (χ4n) is 3.31. The highest BCUT2D eigenvalue weighted by molar-refractivity contribution is 6.06. The van der Waals surface area contributed by atoms with Gasteiger partial charge in [-0.3, -0.25) is 4.79 Å². The van der Waals surface area contributed by atoms with Crippen molar-refractivity contribution in [1.29, 1.82) is 0 Å². The van der Waals surface area contributed by atoms with Gasteiger partial charge in [0.2, 0.25) is 5.75 Å². The lowest BCUT2D eigenvalue weighted by Gasteiger charge is -2.13. The molecule has 0 bridgehead atoms. The summed E-state index contributed by atoms with van der Waals surface area (Å²) in [6.45, 7) is 4.28. The van der Waals surface area contributed by atoms with E-state index < -0.39 is 5.97 Å². The number of allylic oxidation sites excluding steroid dienone is 1. The Bertz CT molecular complexity index is 1150. The van der Waals surface area contributed by atoms with Crippen LogP contribution in [0.1, 0.15) is 51.6 Å². The minimum absolute atomic E-state index is 0.143. The Labute approximate surface area is 199 Å². The number of carbonyl (C=O) groups is 2. The zero-order chi connectivity index (χ0) is 24.7. The Hall–Kier alpha value is -4.06. The van der Waals surface area contributed by atoms with Gasteiger partial charge in [0.05, 0.1) is 26.9 Å². The van der Waals surface area contributed by atoms with Gasteiger partial charge >= 0.3 is 5.97 Å². The molecule has 0 saturated heterocycles. The van der Waals surface area contributed by atoms with E-state index in [4.69, 9.17) is 18.9 Å². The number of ether oxygens (including phenoxy) is 4. The highest BCUT2D eigenvalue weighted by Gasteiger charge is 2.18. The average Bonchev–Trinajstić information content (AvgIpc) is 2.86. The molecule has 0 spiro atoms. The number of hydrogen-bond donors (Lipinski definition) is 0. The molecule has 3 aromatic rings. The maximum Gasteiger partial charge on any atom is 0.343 e. The predicted octanol–water partition coefficient (Wildman–Crippen LogP) is 5.95. The normalized spacial score (nSPS) is 10.9. The van der Waals surface area contributed by atoms with Crippen LogP contribution in [0.15, 0.2) is 66.7 Å². The van der Waals surface area contributed by atoms with Crippen molar-refractivity contribution in [1.82, 2.24) is 0 Å². The second kappa shape index (κ2) is 11.2. The number of ketones is 1. The number of esters is 1. The van der Waals surface area contributed by atoms with E-state index in [1.54, 1.807) is 30.3 Å². The van der Waals surface area contributed by atoms with Crippen LogP contribution in [-0.4, -0.2) is 33.1 Å². The summed E-state index contributed by atoms with van der Waals surface area (Å²) in [4.78, 5) is 25.2. The first-order chi connectivity index (χ1) is 16.4. The quantitative estimate of drug-likeness (QED) is 0.170. The van der Waals surface area contributed by atoms with E-state index >= 15 is 0 Å². The molecule has 0 aliphatic carbocycles. The van der Waals surface area contributed by atoms with Gasteiger partial charge in [-0.2, -0.15) is 0 Å². The van der Waals surface area contributed by atoms with Crippen LogP contribution in [0, 0.1) is 0 Å². The summed E-state index contributed by atoms with van der Waals surface area (Å²) in [5, 5.41) is 0. The summed E-state index contributed by atoms with van der Waals surface area (Å²) in [6, 6.07) is 17.5.